The van der Waals surface area contributed by atoms with Gasteiger partial charge in [0.05, 0.1) is 10.6 Å². The molecule has 1 unspecified atom stereocenters. The van der Waals surface area contributed by atoms with Crippen molar-refractivity contribution in [1.82, 2.24) is 0 Å². The lowest BCUT2D eigenvalue weighted by atomic mass is 10.1. The molecule has 0 saturated heterocycles. The molecule has 0 aromatic heterocycles. The van der Waals surface area contributed by atoms with Gasteiger partial charge in [0.1, 0.15) is 12.3 Å². The topological polar surface area (TPSA) is 20.3 Å². The molecule has 0 bridgehead atoms. The zero-order chi connectivity index (χ0) is 15.9. The first-order valence-electron chi connectivity index (χ1n) is 6.30. The number of nitrogens with zero attached hydrogens (tertiary/aromatic N) is 1. The first kappa shape index (κ1) is 15.2. The molecular weight excluding hydrogens is 335 g/mol. The molecule has 2 aromatic rings. The molecular formula is C15H9ClF3NOS. The lowest BCUT2D eigenvalue weighted by molar-refractivity contribution is -0.137. The Morgan fingerprint density at radius 3 is 2.59 bits per heavy atom. The lowest BCUT2D eigenvalue weighted by Gasteiger charge is -2.22. The Kier molecular flexibility index (Phi) is 3.82. The minimum atomic E-state index is -4.54. The Morgan fingerprint density at radius 2 is 1.91 bits per heavy atom. The molecule has 22 heavy (non-hydrogen) atoms. The van der Waals surface area contributed by atoms with Gasteiger partial charge in [-0.1, -0.05) is 29.8 Å². The van der Waals surface area contributed by atoms with Gasteiger partial charge in [-0.2, -0.15) is 13.2 Å². The third kappa shape index (κ3) is 2.57. The Hall–Kier alpha value is -1.66. The third-order valence-corrected chi connectivity index (χ3v) is 4.86. The number of hydrogen-bond acceptors (Lipinski definition) is 3. The van der Waals surface area contributed by atoms with Crippen LogP contribution in [-0.4, -0.2) is 6.29 Å². The van der Waals surface area contributed by atoms with E-state index in [1.165, 1.54) is 24.1 Å². The fraction of sp³-hybridized carbons (Fsp3) is 0.133. The Bertz CT molecular complexity index is 735. The minimum Gasteiger partial charge on any atom is -0.301 e. The fourth-order valence-corrected chi connectivity index (χ4v) is 3.67. The van der Waals surface area contributed by atoms with Crippen LogP contribution in [0.5, 0.6) is 0 Å². The van der Waals surface area contributed by atoms with Crippen molar-refractivity contribution >= 4 is 35.5 Å². The van der Waals surface area contributed by atoms with Crippen LogP contribution in [0.2, 0.25) is 5.02 Å². The average Bonchev–Trinajstić information content (AvgIpc) is 2.85. The van der Waals surface area contributed by atoms with E-state index < -0.39 is 17.8 Å². The zero-order valence-corrected chi connectivity index (χ0v) is 12.5. The van der Waals surface area contributed by atoms with E-state index in [4.69, 9.17) is 11.6 Å². The second kappa shape index (κ2) is 5.52. The molecule has 7 heteroatoms. The largest absolute Gasteiger partial charge is 0.417 e. The molecule has 0 radical (unpaired) electrons. The summed E-state index contributed by atoms with van der Waals surface area (Å²) in [6, 6.07) is 10.3. The van der Waals surface area contributed by atoms with E-state index in [0.717, 1.165) is 22.8 Å². The molecule has 0 spiro atoms. The van der Waals surface area contributed by atoms with Crippen LogP contribution in [0.25, 0.3) is 0 Å². The van der Waals surface area contributed by atoms with E-state index in [1.807, 2.05) is 12.1 Å². The van der Waals surface area contributed by atoms with Crippen LogP contribution in [0, 0.1) is 0 Å². The lowest BCUT2D eigenvalue weighted by Crippen LogP contribution is -2.18. The summed E-state index contributed by atoms with van der Waals surface area (Å²) in [5, 5.41) is -0.361. The van der Waals surface area contributed by atoms with Crippen LogP contribution in [-0.2, 0) is 11.0 Å². The predicted octanol–water partition coefficient (Wildman–Crippen LogP) is 5.13. The van der Waals surface area contributed by atoms with E-state index in [9.17, 15) is 18.0 Å². The average molecular weight is 344 g/mol. The molecule has 1 atom stereocenters. The van der Waals surface area contributed by atoms with Gasteiger partial charge in [0, 0.05) is 10.6 Å². The summed E-state index contributed by atoms with van der Waals surface area (Å²) < 4.78 is 40.5. The SMILES string of the molecule is O=CC1c2ccccc2SN1c1ccc(Cl)c(C(F)(F)F)c1. The van der Waals surface area contributed by atoms with Gasteiger partial charge in [0.15, 0.2) is 0 Å². The first-order chi connectivity index (χ1) is 10.4. The smallest absolute Gasteiger partial charge is 0.301 e. The van der Waals surface area contributed by atoms with Gasteiger partial charge in [0.25, 0.3) is 0 Å². The number of fused-ring (bicyclic) bond motifs is 1. The third-order valence-electron chi connectivity index (χ3n) is 3.33. The van der Waals surface area contributed by atoms with E-state index in [1.54, 1.807) is 16.4 Å². The van der Waals surface area contributed by atoms with Crippen molar-refractivity contribution in [1.29, 1.82) is 0 Å². The van der Waals surface area contributed by atoms with Gasteiger partial charge < -0.3 is 4.79 Å². The minimum absolute atomic E-state index is 0.287. The summed E-state index contributed by atoms with van der Waals surface area (Å²) in [4.78, 5) is 12.2. The van der Waals surface area contributed by atoms with Crippen LogP contribution < -0.4 is 4.31 Å². The zero-order valence-electron chi connectivity index (χ0n) is 11.0. The Morgan fingerprint density at radius 1 is 1.18 bits per heavy atom. The molecule has 0 amide bonds. The number of aldehydes is 1. The highest BCUT2D eigenvalue weighted by atomic mass is 35.5. The fourth-order valence-electron chi connectivity index (χ4n) is 2.31. The van der Waals surface area contributed by atoms with Gasteiger partial charge in [-0.3, -0.25) is 4.31 Å². The Balaban J connectivity index is 2.04. The number of hydrogen-bond donors (Lipinski definition) is 0. The van der Waals surface area contributed by atoms with Crippen molar-refractivity contribution in [2.75, 3.05) is 4.31 Å². The van der Waals surface area contributed by atoms with E-state index in [-0.39, 0.29) is 10.7 Å². The van der Waals surface area contributed by atoms with Gasteiger partial charge in [-0.05, 0) is 41.8 Å². The number of alkyl halides is 3. The van der Waals surface area contributed by atoms with Crippen LogP contribution in [0.15, 0.2) is 47.4 Å². The summed E-state index contributed by atoms with van der Waals surface area (Å²) in [5.41, 5.74) is 0.161. The molecule has 0 N–H and O–H groups in total. The molecule has 0 fully saturated rings. The summed E-state index contributed by atoms with van der Waals surface area (Å²) in [6.45, 7) is 0. The molecule has 2 aromatic carbocycles. The molecule has 1 heterocycles. The molecule has 2 nitrogen and oxygen atoms in total. The highest BCUT2D eigenvalue weighted by Crippen LogP contribution is 2.47. The van der Waals surface area contributed by atoms with Crippen molar-refractivity contribution in [3.63, 3.8) is 0 Å². The first-order valence-corrected chi connectivity index (χ1v) is 7.45. The van der Waals surface area contributed by atoms with Crippen molar-refractivity contribution in [3.8, 4) is 0 Å². The van der Waals surface area contributed by atoms with Crippen molar-refractivity contribution in [2.45, 2.75) is 17.1 Å². The number of rotatable bonds is 2. The van der Waals surface area contributed by atoms with E-state index in [0.29, 0.717) is 0 Å². The molecule has 1 aliphatic rings. The van der Waals surface area contributed by atoms with Gasteiger partial charge >= 0.3 is 6.18 Å². The summed E-state index contributed by atoms with van der Waals surface area (Å²) in [7, 11) is 0. The van der Waals surface area contributed by atoms with Gasteiger partial charge in [-0.25, -0.2) is 0 Å². The molecule has 0 aliphatic carbocycles. The molecule has 0 saturated carbocycles. The standard InChI is InChI=1S/C15H9ClF3NOS/c16-12-6-5-9(7-11(12)15(17,18)19)20-13(8-21)10-3-1-2-4-14(10)22-20/h1-8,13H. The Labute approximate surface area is 134 Å². The highest BCUT2D eigenvalue weighted by Gasteiger charge is 2.36. The number of carbonyl (C=O) groups is 1. The maximum Gasteiger partial charge on any atom is 0.417 e. The number of carbonyl (C=O) groups excluding carboxylic acids is 1. The predicted molar refractivity (Wildman–Crippen MR) is 80.0 cm³/mol. The van der Waals surface area contributed by atoms with Crippen molar-refractivity contribution in [2.24, 2.45) is 0 Å². The van der Waals surface area contributed by atoms with Gasteiger partial charge in [-0.15, -0.1) is 0 Å². The number of anilines is 1. The monoisotopic (exact) mass is 343 g/mol. The van der Waals surface area contributed by atoms with Crippen LogP contribution in [0.1, 0.15) is 17.2 Å². The highest BCUT2D eigenvalue weighted by molar-refractivity contribution is 8.01. The van der Waals surface area contributed by atoms with E-state index in [2.05, 4.69) is 0 Å². The summed E-state index contributed by atoms with van der Waals surface area (Å²) in [6.07, 6.45) is -3.82. The van der Waals surface area contributed by atoms with Crippen molar-refractivity contribution < 1.29 is 18.0 Å². The van der Waals surface area contributed by atoms with Crippen LogP contribution in [0.4, 0.5) is 18.9 Å². The normalized spacial score (nSPS) is 17.5. The summed E-state index contributed by atoms with van der Waals surface area (Å²) in [5.74, 6) is 0. The quantitative estimate of drug-likeness (QED) is 0.557. The maximum absolute atomic E-state index is 13.0. The molecule has 1 aliphatic heterocycles. The van der Waals surface area contributed by atoms with Crippen LogP contribution >= 0.6 is 23.5 Å². The number of benzene rings is 2. The second-order valence-electron chi connectivity index (χ2n) is 4.70. The summed E-state index contributed by atoms with van der Waals surface area (Å²) >= 11 is 6.87. The second-order valence-corrected chi connectivity index (χ2v) is 6.12. The van der Waals surface area contributed by atoms with E-state index >= 15 is 0 Å². The molecule has 3 rings (SSSR count). The van der Waals surface area contributed by atoms with Crippen LogP contribution in [0.3, 0.4) is 0 Å². The van der Waals surface area contributed by atoms with Crippen molar-refractivity contribution in [3.05, 3.63) is 58.6 Å². The molecule has 114 valence electrons. The maximum atomic E-state index is 13.0. The van der Waals surface area contributed by atoms with Gasteiger partial charge in [0.2, 0.25) is 0 Å². The number of halogens is 4.